The molecule has 3 nitrogen and oxygen atoms in total. The average Bonchev–Trinajstić information content (AvgIpc) is 2.74. The number of benzene rings is 2. The Bertz CT molecular complexity index is 703. The van der Waals surface area contributed by atoms with Crippen LogP contribution in [0.25, 0.3) is 10.9 Å². The number of fused-ring (bicyclic) bond motifs is 1. The van der Waals surface area contributed by atoms with Gasteiger partial charge in [0.05, 0.1) is 22.4 Å². The van der Waals surface area contributed by atoms with Crippen LogP contribution in [0.15, 0.2) is 48.7 Å². The Hall–Kier alpha value is -2.00. The van der Waals surface area contributed by atoms with Crippen molar-refractivity contribution in [2.75, 3.05) is 5.32 Å². The molecule has 3 aromatic rings. The van der Waals surface area contributed by atoms with Crippen molar-refractivity contribution >= 4 is 33.9 Å². The molecule has 0 radical (unpaired) electrons. The lowest BCUT2D eigenvalue weighted by Crippen LogP contribution is -1.93. The molecule has 0 aliphatic heterocycles. The molecule has 3 rings (SSSR count). The summed E-state index contributed by atoms with van der Waals surface area (Å²) in [4.78, 5) is 0. The van der Waals surface area contributed by atoms with Gasteiger partial charge in [0.1, 0.15) is 0 Å². The first-order valence-electron chi connectivity index (χ1n) is 5.67. The van der Waals surface area contributed by atoms with Gasteiger partial charge in [-0.1, -0.05) is 23.7 Å². The minimum absolute atomic E-state index is 0.711. The van der Waals surface area contributed by atoms with E-state index in [9.17, 15) is 0 Å². The molecular weight excluding hydrogens is 246 g/mol. The maximum atomic E-state index is 6.12. The van der Waals surface area contributed by atoms with Crippen LogP contribution in [0.4, 0.5) is 11.4 Å². The number of aromatic nitrogens is 2. The van der Waals surface area contributed by atoms with E-state index >= 15 is 0 Å². The van der Waals surface area contributed by atoms with Gasteiger partial charge in [-0.05, 0) is 30.3 Å². The summed E-state index contributed by atoms with van der Waals surface area (Å²) in [5.74, 6) is 0. The topological polar surface area (TPSA) is 29.9 Å². The maximum Gasteiger partial charge on any atom is 0.0699 e. The van der Waals surface area contributed by atoms with E-state index in [1.807, 2.05) is 54.3 Å². The number of halogens is 1. The lowest BCUT2D eigenvalue weighted by atomic mass is 10.2. The number of anilines is 2. The van der Waals surface area contributed by atoms with Gasteiger partial charge < -0.3 is 5.32 Å². The Morgan fingerprint density at radius 1 is 1.17 bits per heavy atom. The van der Waals surface area contributed by atoms with Gasteiger partial charge in [-0.15, -0.1) is 0 Å². The molecular formula is C14H12ClN3. The standard InChI is InChI=1S/C14H12ClN3/c1-18-14-8-11(7-6-10(14)9-16-18)17-13-5-3-2-4-12(13)15/h2-9,17H,1H3. The number of hydrogen-bond acceptors (Lipinski definition) is 2. The molecule has 0 amide bonds. The van der Waals surface area contributed by atoms with Crippen LogP contribution in [0.1, 0.15) is 0 Å². The first-order chi connectivity index (χ1) is 8.74. The van der Waals surface area contributed by atoms with Crippen LogP contribution in [0, 0.1) is 0 Å². The summed E-state index contributed by atoms with van der Waals surface area (Å²) in [5.41, 5.74) is 2.99. The molecule has 0 saturated carbocycles. The Kier molecular flexibility index (Phi) is 2.68. The molecule has 0 fully saturated rings. The third kappa shape index (κ3) is 1.93. The van der Waals surface area contributed by atoms with Crippen molar-refractivity contribution in [2.24, 2.45) is 7.05 Å². The molecule has 0 unspecified atom stereocenters. The molecule has 0 atom stereocenters. The minimum atomic E-state index is 0.711. The summed E-state index contributed by atoms with van der Waals surface area (Å²) in [7, 11) is 1.93. The van der Waals surface area contributed by atoms with Crippen LogP contribution in [-0.4, -0.2) is 9.78 Å². The second kappa shape index (κ2) is 4.35. The Morgan fingerprint density at radius 3 is 2.83 bits per heavy atom. The molecule has 90 valence electrons. The van der Waals surface area contributed by atoms with Crippen molar-refractivity contribution in [3.8, 4) is 0 Å². The van der Waals surface area contributed by atoms with Crippen molar-refractivity contribution in [2.45, 2.75) is 0 Å². The monoisotopic (exact) mass is 257 g/mol. The van der Waals surface area contributed by atoms with Gasteiger partial charge in [0.2, 0.25) is 0 Å². The van der Waals surface area contributed by atoms with Crippen molar-refractivity contribution in [1.29, 1.82) is 0 Å². The summed E-state index contributed by atoms with van der Waals surface area (Å²) in [6.45, 7) is 0. The second-order valence-electron chi connectivity index (χ2n) is 4.15. The summed E-state index contributed by atoms with van der Waals surface area (Å²) < 4.78 is 1.85. The molecule has 1 aromatic heterocycles. The number of para-hydroxylation sites is 1. The predicted molar refractivity (Wildman–Crippen MR) is 75.4 cm³/mol. The fraction of sp³-hybridized carbons (Fsp3) is 0.0714. The van der Waals surface area contributed by atoms with Crippen LogP contribution in [0.5, 0.6) is 0 Å². The molecule has 0 aliphatic carbocycles. The first-order valence-corrected chi connectivity index (χ1v) is 6.05. The molecule has 0 spiro atoms. The Labute approximate surface area is 110 Å². The average molecular weight is 258 g/mol. The summed E-state index contributed by atoms with van der Waals surface area (Å²) in [5, 5.41) is 9.37. The van der Waals surface area contributed by atoms with Crippen LogP contribution < -0.4 is 5.32 Å². The SMILES string of the molecule is Cn1ncc2ccc(Nc3ccccc3Cl)cc21. The van der Waals surface area contributed by atoms with Crippen molar-refractivity contribution in [3.05, 3.63) is 53.7 Å². The lowest BCUT2D eigenvalue weighted by Gasteiger charge is -2.08. The predicted octanol–water partition coefficient (Wildman–Crippen LogP) is 3.97. The first kappa shape index (κ1) is 11.1. The highest BCUT2D eigenvalue weighted by Crippen LogP contribution is 2.26. The van der Waals surface area contributed by atoms with Crippen molar-refractivity contribution in [3.63, 3.8) is 0 Å². The van der Waals surface area contributed by atoms with Gasteiger partial charge in [-0.3, -0.25) is 4.68 Å². The van der Waals surface area contributed by atoms with Gasteiger partial charge in [0.25, 0.3) is 0 Å². The summed E-state index contributed by atoms with van der Waals surface area (Å²) in [6.07, 6.45) is 1.86. The zero-order valence-electron chi connectivity index (χ0n) is 9.89. The molecule has 0 bridgehead atoms. The van der Waals surface area contributed by atoms with E-state index in [0.29, 0.717) is 5.02 Å². The molecule has 4 heteroatoms. The smallest absolute Gasteiger partial charge is 0.0699 e. The fourth-order valence-corrected chi connectivity index (χ4v) is 2.12. The Balaban J connectivity index is 2.00. The van der Waals surface area contributed by atoms with Crippen LogP contribution in [0.3, 0.4) is 0 Å². The van der Waals surface area contributed by atoms with E-state index in [-0.39, 0.29) is 0 Å². The van der Waals surface area contributed by atoms with Crippen LogP contribution in [0.2, 0.25) is 5.02 Å². The quantitative estimate of drug-likeness (QED) is 0.753. The Morgan fingerprint density at radius 2 is 2.00 bits per heavy atom. The number of nitrogens with zero attached hydrogens (tertiary/aromatic N) is 2. The van der Waals surface area contributed by atoms with Gasteiger partial charge >= 0.3 is 0 Å². The van der Waals surface area contributed by atoms with E-state index in [0.717, 1.165) is 22.3 Å². The van der Waals surface area contributed by atoms with Crippen molar-refractivity contribution in [1.82, 2.24) is 9.78 Å². The summed E-state index contributed by atoms with van der Waals surface area (Å²) >= 11 is 6.12. The maximum absolute atomic E-state index is 6.12. The van der Waals surface area contributed by atoms with E-state index < -0.39 is 0 Å². The number of hydrogen-bond donors (Lipinski definition) is 1. The number of rotatable bonds is 2. The van der Waals surface area contributed by atoms with Crippen LogP contribution >= 0.6 is 11.6 Å². The molecule has 0 aliphatic rings. The fourth-order valence-electron chi connectivity index (χ4n) is 1.94. The highest BCUT2D eigenvalue weighted by Gasteiger charge is 2.03. The molecule has 1 heterocycles. The normalized spacial score (nSPS) is 10.8. The van der Waals surface area contributed by atoms with Crippen molar-refractivity contribution < 1.29 is 0 Å². The molecule has 1 N–H and O–H groups in total. The highest BCUT2D eigenvalue weighted by atomic mass is 35.5. The zero-order chi connectivity index (χ0) is 12.5. The molecule has 0 saturated heterocycles. The van der Waals surface area contributed by atoms with Gasteiger partial charge in [0.15, 0.2) is 0 Å². The van der Waals surface area contributed by atoms with Gasteiger partial charge in [-0.2, -0.15) is 5.10 Å². The zero-order valence-corrected chi connectivity index (χ0v) is 10.6. The highest BCUT2D eigenvalue weighted by molar-refractivity contribution is 6.33. The van der Waals surface area contributed by atoms with Gasteiger partial charge in [0, 0.05) is 18.1 Å². The van der Waals surface area contributed by atoms with E-state index in [2.05, 4.69) is 16.5 Å². The lowest BCUT2D eigenvalue weighted by molar-refractivity contribution is 0.797. The minimum Gasteiger partial charge on any atom is -0.354 e. The molecule has 18 heavy (non-hydrogen) atoms. The second-order valence-corrected chi connectivity index (χ2v) is 4.55. The largest absolute Gasteiger partial charge is 0.354 e. The van der Waals surface area contributed by atoms with Gasteiger partial charge in [-0.25, -0.2) is 0 Å². The van der Waals surface area contributed by atoms with Crippen LogP contribution in [-0.2, 0) is 7.05 Å². The third-order valence-corrected chi connectivity index (χ3v) is 3.23. The summed E-state index contributed by atoms with van der Waals surface area (Å²) in [6, 6.07) is 13.8. The number of aryl methyl sites for hydroxylation is 1. The molecule has 2 aromatic carbocycles. The van der Waals surface area contributed by atoms with E-state index in [1.165, 1.54) is 0 Å². The third-order valence-electron chi connectivity index (χ3n) is 2.90. The van der Waals surface area contributed by atoms with E-state index in [4.69, 9.17) is 11.6 Å². The number of nitrogens with one attached hydrogen (secondary N) is 1. The van der Waals surface area contributed by atoms with E-state index in [1.54, 1.807) is 0 Å².